The van der Waals surface area contributed by atoms with Crippen LogP contribution >= 0.6 is 11.6 Å². The van der Waals surface area contributed by atoms with Crippen molar-refractivity contribution in [1.29, 1.82) is 0 Å². The molecule has 4 rings (SSSR count). The number of rotatable bonds is 6. The predicted molar refractivity (Wildman–Crippen MR) is 121 cm³/mol. The normalized spacial score (nSPS) is 11.9. The third kappa shape index (κ3) is 5.51. The van der Waals surface area contributed by atoms with Crippen molar-refractivity contribution in [1.82, 2.24) is 10.3 Å². The van der Waals surface area contributed by atoms with Gasteiger partial charge in [-0.3, -0.25) is 9.78 Å². The first kappa shape index (κ1) is 24.4. The second kappa shape index (κ2) is 9.50. The van der Waals surface area contributed by atoms with E-state index >= 15 is 0 Å². The lowest BCUT2D eigenvalue weighted by molar-refractivity contribution is -0.137. The molecule has 3 aromatic carbocycles. The van der Waals surface area contributed by atoms with E-state index in [1.165, 1.54) is 24.3 Å². The van der Waals surface area contributed by atoms with Crippen LogP contribution in [0.15, 0.2) is 79.0 Å². The smallest absolute Gasteiger partial charge is 0.416 e. The number of aromatic nitrogens is 1. The molecule has 4 nitrogen and oxygen atoms in total. The van der Waals surface area contributed by atoms with E-state index in [2.05, 4.69) is 10.3 Å². The summed E-state index contributed by atoms with van der Waals surface area (Å²) < 4.78 is 74.2. The molecule has 0 atom stereocenters. The average Bonchev–Trinajstić information content (AvgIpc) is 2.82. The molecule has 1 N–H and O–H groups in total. The van der Waals surface area contributed by atoms with Crippen molar-refractivity contribution in [2.45, 2.75) is 12.1 Å². The minimum absolute atomic E-state index is 0.139. The number of amides is 1. The van der Waals surface area contributed by atoms with Crippen molar-refractivity contribution in [2.24, 2.45) is 0 Å². The molecule has 0 spiro atoms. The van der Waals surface area contributed by atoms with Gasteiger partial charge < -0.3 is 10.1 Å². The largest absolute Gasteiger partial charge is 0.455 e. The molecule has 0 aliphatic carbocycles. The van der Waals surface area contributed by atoms with Gasteiger partial charge in [-0.1, -0.05) is 48.0 Å². The number of carbonyl (C=O) groups excluding carboxylic acids is 1. The van der Waals surface area contributed by atoms with Crippen molar-refractivity contribution in [3.05, 3.63) is 101 Å². The first-order chi connectivity index (χ1) is 16.5. The molecule has 0 saturated heterocycles. The van der Waals surface area contributed by atoms with Gasteiger partial charge in [-0.05, 0) is 36.4 Å². The number of pyridine rings is 1. The molecule has 0 radical (unpaired) electrons. The second-order valence-electron chi connectivity index (χ2n) is 7.54. The molecular formula is C25H16ClF5N2O2. The van der Waals surface area contributed by atoms with Crippen LogP contribution in [0.1, 0.15) is 21.5 Å². The Hall–Kier alpha value is -3.72. The quantitative estimate of drug-likeness (QED) is 0.281. The highest BCUT2D eigenvalue weighted by Crippen LogP contribution is 2.35. The van der Waals surface area contributed by atoms with Gasteiger partial charge >= 0.3 is 6.18 Å². The van der Waals surface area contributed by atoms with Crippen LogP contribution in [0, 0.1) is 0 Å². The first-order valence-corrected chi connectivity index (χ1v) is 10.6. The van der Waals surface area contributed by atoms with Crippen molar-refractivity contribution in [3.63, 3.8) is 0 Å². The number of para-hydroxylation sites is 1. The zero-order valence-electron chi connectivity index (χ0n) is 17.7. The summed E-state index contributed by atoms with van der Waals surface area (Å²) in [7, 11) is 0. The van der Waals surface area contributed by atoms with Crippen LogP contribution in [0.25, 0.3) is 10.9 Å². The van der Waals surface area contributed by atoms with E-state index in [1.54, 1.807) is 18.2 Å². The molecule has 0 saturated carbocycles. The number of ether oxygens (including phenoxy) is 1. The van der Waals surface area contributed by atoms with Gasteiger partial charge in [0.2, 0.25) is 0 Å². The number of nitrogens with zero attached hydrogens (tertiary/aromatic N) is 1. The summed E-state index contributed by atoms with van der Waals surface area (Å²) in [5.41, 5.74) is -1.06. The molecule has 0 unspecified atom stereocenters. The Bertz CT molecular complexity index is 1370. The molecule has 180 valence electrons. The lowest BCUT2D eigenvalue weighted by atomic mass is 10.1. The zero-order chi connectivity index (χ0) is 25.2. The van der Waals surface area contributed by atoms with E-state index < -0.39 is 30.1 Å². The van der Waals surface area contributed by atoms with Crippen LogP contribution in [-0.2, 0) is 12.1 Å². The molecule has 0 fully saturated rings. The van der Waals surface area contributed by atoms with Crippen LogP contribution in [-0.4, -0.2) is 17.4 Å². The van der Waals surface area contributed by atoms with Crippen LogP contribution < -0.4 is 10.1 Å². The maximum Gasteiger partial charge on any atom is 0.416 e. The van der Waals surface area contributed by atoms with Gasteiger partial charge in [0.25, 0.3) is 11.8 Å². The maximum atomic E-state index is 14.7. The van der Waals surface area contributed by atoms with E-state index in [0.717, 1.165) is 36.5 Å². The van der Waals surface area contributed by atoms with E-state index in [0.29, 0.717) is 5.52 Å². The Labute approximate surface area is 201 Å². The predicted octanol–water partition coefficient (Wildman–Crippen LogP) is 7.22. The summed E-state index contributed by atoms with van der Waals surface area (Å²) >= 11 is 5.75. The minimum Gasteiger partial charge on any atom is -0.455 e. The Balaban J connectivity index is 1.66. The fourth-order valence-corrected chi connectivity index (χ4v) is 3.50. The van der Waals surface area contributed by atoms with Crippen molar-refractivity contribution in [2.75, 3.05) is 6.54 Å². The molecule has 1 heterocycles. The lowest BCUT2D eigenvalue weighted by Gasteiger charge is -2.19. The number of alkyl halides is 5. The van der Waals surface area contributed by atoms with Crippen molar-refractivity contribution in [3.8, 4) is 11.5 Å². The summed E-state index contributed by atoms with van der Waals surface area (Å²) in [5, 5.41) is 2.76. The maximum absolute atomic E-state index is 14.7. The second-order valence-corrected chi connectivity index (χ2v) is 7.97. The van der Waals surface area contributed by atoms with E-state index in [4.69, 9.17) is 16.3 Å². The van der Waals surface area contributed by atoms with Crippen molar-refractivity contribution >= 4 is 28.4 Å². The summed E-state index contributed by atoms with van der Waals surface area (Å²) in [6.07, 6.45) is -3.44. The van der Waals surface area contributed by atoms with E-state index in [9.17, 15) is 26.7 Å². The van der Waals surface area contributed by atoms with Crippen LogP contribution in [0.2, 0.25) is 5.02 Å². The summed E-state index contributed by atoms with van der Waals surface area (Å²) in [4.78, 5) is 17.2. The third-order valence-electron chi connectivity index (χ3n) is 5.09. The molecular weight excluding hydrogens is 491 g/mol. The number of hydrogen-bond acceptors (Lipinski definition) is 3. The van der Waals surface area contributed by atoms with Gasteiger partial charge in [0, 0.05) is 16.0 Å². The number of nitrogens with one attached hydrogen (secondary N) is 1. The van der Waals surface area contributed by atoms with Gasteiger partial charge in [-0.15, -0.1) is 0 Å². The van der Waals surface area contributed by atoms with Gasteiger partial charge in [0.15, 0.2) is 5.75 Å². The van der Waals surface area contributed by atoms with Crippen LogP contribution in [0.4, 0.5) is 22.0 Å². The topological polar surface area (TPSA) is 51.2 Å². The van der Waals surface area contributed by atoms with Gasteiger partial charge in [-0.2, -0.15) is 22.0 Å². The van der Waals surface area contributed by atoms with E-state index in [1.807, 2.05) is 0 Å². The van der Waals surface area contributed by atoms with Gasteiger partial charge in [0.1, 0.15) is 5.75 Å². The Kier molecular flexibility index (Phi) is 6.62. The van der Waals surface area contributed by atoms with Crippen LogP contribution in [0.5, 0.6) is 11.5 Å². The molecule has 35 heavy (non-hydrogen) atoms. The molecule has 0 aliphatic heterocycles. The molecule has 0 bridgehead atoms. The fraction of sp³-hybridized carbons (Fsp3) is 0.120. The highest BCUT2D eigenvalue weighted by Gasteiger charge is 2.33. The average molecular weight is 507 g/mol. The third-order valence-corrected chi connectivity index (χ3v) is 5.35. The molecule has 1 amide bonds. The summed E-state index contributed by atoms with van der Waals surface area (Å²) in [5.74, 6) is -4.70. The number of hydrogen-bond donors (Lipinski definition) is 1. The minimum atomic E-state index is -4.60. The standard InChI is InChI=1S/C25H16ClF5N2O2/c26-17-10-8-15(9-11-17)24(27,28)14-33-23(34)22-19-6-1-2-7-20(19)32-13-21(22)35-18-5-3-4-16(12-18)25(29,30)31/h1-13H,14H2,(H,33,34). The zero-order valence-corrected chi connectivity index (χ0v) is 18.5. The molecule has 4 aromatic rings. The summed E-state index contributed by atoms with van der Waals surface area (Å²) in [6, 6.07) is 15.4. The highest BCUT2D eigenvalue weighted by atomic mass is 35.5. The number of benzene rings is 3. The first-order valence-electron chi connectivity index (χ1n) is 10.2. The summed E-state index contributed by atoms with van der Waals surface area (Å²) in [6.45, 7) is -1.03. The molecule has 1 aromatic heterocycles. The monoisotopic (exact) mass is 506 g/mol. The molecule has 0 aliphatic rings. The Morgan fingerprint density at radius 1 is 0.914 bits per heavy atom. The van der Waals surface area contributed by atoms with Gasteiger partial charge in [0.05, 0.1) is 29.4 Å². The molecule has 10 heteroatoms. The fourth-order valence-electron chi connectivity index (χ4n) is 3.37. The van der Waals surface area contributed by atoms with Crippen molar-refractivity contribution < 1.29 is 31.5 Å². The Morgan fingerprint density at radius 3 is 2.34 bits per heavy atom. The number of carbonyl (C=O) groups is 1. The Morgan fingerprint density at radius 2 is 1.63 bits per heavy atom. The van der Waals surface area contributed by atoms with Crippen LogP contribution in [0.3, 0.4) is 0 Å². The lowest BCUT2D eigenvalue weighted by Crippen LogP contribution is -2.35. The van der Waals surface area contributed by atoms with E-state index in [-0.39, 0.29) is 33.0 Å². The SMILES string of the molecule is O=C(NCC(F)(F)c1ccc(Cl)cc1)c1c(Oc2cccc(C(F)(F)F)c2)cnc2ccccc12. The number of fused-ring (bicyclic) bond motifs is 1. The van der Waals surface area contributed by atoms with Gasteiger partial charge in [-0.25, -0.2) is 0 Å². The number of halogens is 6. The highest BCUT2D eigenvalue weighted by molar-refractivity contribution is 6.30.